The maximum Gasteiger partial charge on any atom is 0.161 e. The lowest BCUT2D eigenvalue weighted by Gasteiger charge is -2.23. The van der Waals surface area contributed by atoms with Crippen LogP contribution in [-0.4, -0.2) is 23.1 Å². The molecule has 0 N–H and O–H groups in total. The Morgan fingerprint density at radius 2 is 1.85 bits per heavy atom. The lowest BCUT2D eigenvalue weighted by Crippen LogP contribution is -2.22. The summed E-state index contributed by atoms with van der Waals surface area (Å²) in [6.45, 7) is 6.61. The summed E-state index contributed by atoms with van der Waals surface area (Å²) in [6, 6.07) is 14.6. The Bertz CT molecular complexity index is 820. The van der Waals surface area contributed by atoms with E-state index >= 15 is 0 Å². The van der Waals surface area contributed by atoms with E-state index in [0.717, 1.165) is 31.1 Å². The maximum atomic E-state index is 5.83. The molecule has 1 aromatic carbocycles. The van der Waals surface area contributed by atoms with Crippen LogP contribution in [0, 0.1) is 0 Å². The molecule has 0 atom stereocenters. The average molecular weight is 383 g/mol. The van der Waals surface area contributed by atoms with Crippen LogP contribution in [0.4, 0.5) is 0 Å². The van der Waals surface area contributed by atoms with Crippen molar-refractivity contribution in [1.29, 1.82) is 0 Å². The molecule has 0 aliphatic carbocycles. The van der Waals surface area contributed by atoms with Crippen molar-refractivity contribution >= 4 is 11.3 Å². The highest BCUT2D eigenvalue weighted by molar-refractivity contribution is 7.09. The van der Waals surface area contributed by atoms with Gasteiger partial charge >= 0.3 is 0 Å². The lowest BCUT2D eigenvalue weighted by atomic mass is 10.1. The van der Waals surface area contributed by atoms with Crippen LogP contribution in [0.25, 0.3) is 0 Å². The first-order valence-electron chi connectivity index (χ1n) is 9.11. The fourth-order valence-electron chi connectivity index (χ4n) is 2.96. The van der Waals surface area contributed by atoms with E-state index in [-0.39, 0.29) is 6.10 Å². The topological polar surface area (TPSA) is 34.6 Å². The molecule has 142 valence electrons. The molecule has 0 bridgehead atoms. The van der Waals surface area contributed by atoms with Crippen LogP contribution in [0.1, 0.15) is 29.9 Å². The number of ether oxygens (including phenoxy) is 2. The van der Waals surface area contributed by atoms with Crippen LogP contribution >= 0.6 is 11.3 Å². The van der Waals surface area contributed by atoms with E-state index in [2.05, 4.69) is 45.6 Å². The number of hydrogen-bond donors (Lipinski definition) is 0. The zero-order valence-electron chi connectivity index (χ0n) is 16.1. The van der Waals surface area contributed by atoms with E-state index in [0.29, 0.717) is 0 Å². The molecule has 0 unspecified atom stereocenters. The Morgan fingerprint density at radius 3 is 2.52 bits per heavy atom. The molecule has 0 spiro atoms. The third-order valence-corrected chi connectivity index (χ3v) is 4.95. The van der Waals surface area contributed by atoms with Crippen molar-refractivity contribution in [3.05, 3.63) is 76.2 Å². The van der Waals surface area contributed by atoms with Gasteiger partial charge in [-0.3, -0.25) is 9.88 Å². The van der Waals surface area contributed by atoms with Crippen molar-refractivity contribution in [3.63, 3.8) is 0 Å². The van der Waals surface area contributed by atoms with Crippen LogP contribution < -0.4 is 9.47 Å². The number of nitrogens with zero attached hydrogens (tertiary/aromatic N) is 2. The molecule has 0 radical (unpaired) electrons. The van der Waals surface area contributed by atoms with Gasteiger partial charge in [0.2, 0.25) is 0 Å². The van der Waals surface area contributed by atoms with Crippen LogP contribution in [0.3, 0.4) is 0 Å². The smallest absolute Gasteiger partial charge is 0.161 e. The Hall–Kier alpha value is -2.37. The molecular weight excluding hydrogens is 356 g/mol. The Labute approximate surface area is 165 Å². The number of benzene rings is 1. The first-order valence-corrected chi connectivity index (χ1v) is 9.99. The number of aromatic nitrogens is 1. The molecule has 27 heavy (non-hydrogen) atoms. The predicted octanol–water partition coefficient (Wildman–Crippen LogP) is 5.14. The van der Waals surface area contributed by atoms with Gasteiger partial charge in [0.1, 0.15) is 0 Å². The summed E-state index contributed by atoms with van der Waals surface area (Å²) in [5.41, 5.74) is 2.41. The largest absolute Gasteiger partial charge is 0.493 e. The number of methoxy groups -OCH3 is 1. The average Bonchev–Trinajstić information content (AvgIpc) is 3.16. The van der Waals surface area contributed by atoms with Crippen molar-refractivity contribution in [3.8, 4) is 11.5 Å². The molecule has 0 amide bonds. The SMILES string of the molecule is COc1cc(CN(Cc2cccnc2)Cc2cccs2)ccc1OC(C)C. The zero-order chi connectivity index (χ0) is 19.1. The molecule has 0 saturated carbocycles. The molecule has 4 nitrogen and oxygen atoms in total. The van der Waals surface area contributed by atoms with Crippen LogP contribution in [-0.2, 0) is 19.6 Å². The quantitative estimate of drug-likeness (QED) is 0.513. The van der Waals surface area contributed by atoms with E-state index in [1.165, 1.54) is 16.0 Å². The van der Waals surface area contributed by atoms with Crippen molar-refractivity contribution in [2.75, 3.05) is 7.11 Å². The third-order valence-electron chi connectivity index (χ3n) is 4.09. The summed E-state index contributed by atoms with van der Waals surface area (Å²) < 4.78 is 11.4. The van der Waals surface area contributed by atoms with Gasteiger partial charge in [-0.1, -0.05) is 18.2 Å². The van der Waals surface area contributed by atoms with Gasteiger partial charge in [-0.15, -0.1) is 11.3 Å². The number of pyridine rings is 1. The molecule has 0 aliphatic rings. The van der Waals surface area contributed by atoms with E-state index < -0.39 is 0 Å². The predicted molar refractivity (Wildman–Crippen MR) is 110 cm³/mol. The second-order valence-electron chi connectivity index (χ2n) is 6.74. The van der Waals surface area contributed by atoms with Gasteiger partial charge in [0.15, 0.2) is 11.5 Å². The van der Waals surface area contributed by atoms with Gasteiger partial charge < -0.3 is 9.47 Å². The minimum Gasteiger partial charge on any atom is -0.493 e. The van der Waals surface area contributed by atoms with Gasteiger partial charge in [-0.25, -0.2) is 0 Å². The first kappa shape index (κ1) is 19.4. The molecule has 2 aromatic heterocycles. The first-order chi connectivity index (χ1) is 13.1. The van der Waals surface area contributed by atoms with Crippen molar-refractivity contribution < 1.29 is 9.47 Å². The summed E-state index contributed by atoms with van der Waals surface area (Å²) in [4.78, 5) is 8.02. The van der Waals surface area contributed by atoms with Crippen LogP contribution in [0.2, 0.25) is 0 Å². The number of hydrogen-bond acceptors (Lipinski definition) is 5. The normalized spacial score (nSPS) is 11.1. The van der Waals surface area contributed by atoms with Gasteiger partial charge in [-0.2, -0.15) is 0 Å². The Kier molecular flexibility index (Phi) is 6.85. The van der Waals surface area contributed by atoms with Crippen molar-refractivity contribution in [2.24, 2.45) is 0 Å². The Balaban J connectivity index is 1.78. The molecule has 0 fully saturated rings. The summed E-state index contributed by atoms with van der Waals surface area (Å²) in [5.74, 6) is 1.56. The highest BCUT2D eigenvalue weighted by Crippen LogP contribution is 2.30. The standard InChI is InChI=1S/C22H26N2O2S/c1-17(2)26-21-9-8-18(12-22(21)25-3)14-24(16-20-7-5-11-27-20)15-19-6-4-10-23-13-19/h4-13,17H,14-16H2,1-3H3. The monoisotopic (exact) mass is 382 g/mol. The summed E-state index contributed by atoms with van der Waals surface area (Å²) in [7, 11) is 1.69. The van der Waals surface area contributed by atoms with Gasteiger partial charge in [0, 0.05) is 36.9 Å². The summed E-state index contributed by atoms with van der Waals surface area (Å²) >= 11 is 1.79. The lowest BCUT2D eigenvalue weighted by molar-refractivity contribution is 0.228. The fraction of sp³-hybridized carbons (Fsp3) is 0.318. The molecule has 0 saturated heterocycles. The van der Waals surface area contributed by atoms with E-state index in [4.69, 9.17) is 9.47 Å². The minimum absolute atomic E-state index is 0.116. The fourth-order valence-corrected chi connectivity index (χ4v) is 3.71. The van der Waals surface area contributed by atoms with Gasteiger partial charge in [-0.05, 0) is 54.6 Å². The van der Waals surface area contributed by atoms with E-state index in [1.54, 1.807) is 18.4 Å². The highest BCUT2D eigenvalue weighted by Gasteiger charge is 2.12. The second-order valence-corrected chi connectivity index (χ2v) is 7.77. The number of rotatable bonds is 9. The van der Waals surface area contributed by atoms with Crippen LogP contribution in [0.5, 0.6) is 11.5 Å². The maximum absolute atomic E-state index is 5.83. The highest BCUT2D eigenvalue weighted by atomic mass is 32.1. The molecule has 2 heterocycles. The van der Waals surface area contributed by atoms with E-state index in [1.807, 2.05) is 38.4 Å². The zero-order valence-corrected chi connectivity index (χ0v) is 16.9. The second kappa shape index (κ2) is 9.53. The van der Waals surface area contributed by atoms with Crippen molar-refractivity contribution in [2.45, 2.75) is 39.6 Å². The van der Waals surface area contributed by atoms with Crippen LogP contribution in [0.15, 0.2) is 60.2 Å². The van der Waals surface area contributed by atoms with Gasteiger partial charge in [0.05, 0.1) is 13.2 Å². The summed E-state index contributed by atoms with van der Waals surface area (Å²) in [5, 5.41) is 2.12. The molecule has 0 aliphatic heterocycles. The molecule has 3 rings (SSSR count). The molecular formula is C22H26N2O2S. The molecule has 5 heteroatoms. The number of thiophene rings is 1. The van der Waals surface area contributed by atoms with E-state index in [9.17, 15) is 0 Å². The third kappa shape index (κ3) is 5.81. The van der Waals surface area contributed by atoms with Crippen molar-refractivity contribution in [1.82, 2.24) is 9.88 Å². The summed E-state index contributed by atoms with van der Waals surface area (Å²) in [6.07, 6.45) is 3.86. The van der Waals surface area contributed by atoms with Gasteiger partial charge in [0.25, 0.3) is 0 Å². The minimum atomic E-state index is 0.116. The Morgan fingerprint density at radius 1 is 1.00 bits per heavy atom. The molecule has 3 aromatic rings.